The molecule has 0 saturated carbocycles. The zero-order chi connectivity index (χ0) is 18.9. The topological polar surface area (TPSA) is 68.1 Å². The summed E-state index contributed by atoms with van der Waals surface area (Å²) in [5.74, 6) is 0.318. The van der Waals surface area contributed by atoms with E-state index < -0.39 is 10.0 Å². The third kappa shape index (κ3) is 3.65. The van der Waals surface area contributed by atoms with E-state index in [1.54, 1.807) is 33.6 Å². The van der Waals surface area contributed by atoms with Crippen LogP contribution in [-0.4, -0.2) is 40.6 Å². The van der Waals surface area contributed by atoms with Gasteiger partial charge in [-0.2, -0.15) is 9.40 Å². The monoisotopic (exact) mass is 382 g/mol. The fraction of sp³-hybridized carbons (Fsp3) is 0.300. The van der Waals surface area contributed by atoms with Crippen molar-refractivity contribution in [2.75, 3.05) is 13.1 Å². The van der Waals surface area contributed by atoms with Crippen LogP contribution in [0.2, 0.25) is 0 Å². The summed E-state index contributed by atoms with van der Waals surface area (Å²) in [7, 11) is -3.53. The highest BCUT2D eigenvalue weighted by atomic mass is 32.2. The van der Waals surface area contributed by atoms with Crippen LogP contribution in [0, 0.1) is 12.8 Å². The highest BCUT2D eigenvalue weighted by molar-refractivity contribution is 7.89. The van der Waals surface area contributed by atoms with Crippen molar-refractivity contribution in [2.45, 2.75) is 24.7 Å². The molecule has 1 aromatic carbocycles. The van der Waals surface area contributed by atoms with Crippen LogP contribution in [0.1, 0.15) is 17.5 Å². The summed E-state index contributed by atoms with van der Waals surface area (Å²) in [4.78, 5) is 4.51. The van der Waals surface area contributed by atoms with Crippen LogP contribution in [0.15, 0.2) is 66.1 Å². The third-order valence-electron chi connectivity index (χ3n) is 5.05. The van der Waals surface area contributed by atoms with E-state index in [9.17, 15) is 8.42 Å². The van der Waals surface area contributed by atoms with Gasteiger partial charge in [0.15, 0.2) is 0 Å². The Morgan fingerprint density at radius 3 is 2.81 bits per heavy atom. The predicted octanol–water partition coefficient (Wildman–Crippen LogP) is 2.83. The summed E-state index contributed by atoms with van der Waals surface area (Å²) >= 11 is 0. The van der Waals surface area contributed by atoms with Gasteiger partial charge in [-0.25, -0.2) is 13.1 Å². The Hall–Kier alpha value is -2.51. The molecule has 1 fully saturated rings. The highest BCUT2D eigenvalue weighted by Gasteiger charge is 2.33. The standard InChI is InChI=1S/C20H22N4O2S/c1-16-5-6-19(24-10-3-9-22-24)13-20(16)27(25,26)23-11-7-18(15-23)12-17-4-2-8-21-14-17/h2-6,8-10,13-14,18H,7,11-12,15H2,1H3. The van der Waals surface area contributed by atoms with Gasteiger partial charge in [-0.15, -0.1) is 0 Å². The lowest BCUT2D eigenvalue weighted by Gasteiger charge is -2.19. The van der Waals surface area contributed by atoms with E-state index in [4.69, 9.17) is 0 Å². The first-order valence-corrected chi connectivity index (χ1v) is 10.5. The molecule has 3 aromatic rings. The number of aryl methyl sites for hydroxylation is 1. The molecule has 27 heavy (non-hydrogen) atoms. The summed E-state index contributed by atoms with van der Waals surface area (Å²) in [6.07, 6.45) is 8.82. The van der Waals surface area contributed by atoms with Gasteiger partial charge in [0.25, 0.3) is 0 Å². The van der Waals surface area contributed by atoms with E-state index >= 15 is 0 Å². The van der Waals surface area contributed by atoms with E-state index in [0.29, 0.717) is 23.9 Å². The lowest BCUT2D eigenvalue weighted by molar-refractivity contribution is 0.455. The Bertz CT molecular complexity index is 1020. The fourth-order valence-electron chi connectivity index (χ4n) is 3.60. The van der Waals surface area contributed by atoms with Gasteiger partial charge in [0, 0.05) is 37.9 Å². The summed E-state index contributed by atoms with van der Waals surface area (Å²) in [6.45, 7) is 2.93. The summed E-state index contributed by atoms with van der Waals surface area (Å²) in [6, 6.07) is 11.2. The second kappa shape index (κ2) is 7.25. The van der Waals surface area contributed by atoms with Gasteiger partial charge in [0.1, 0.15) is 0 Å². The highest BCUT2D eigenvalue weighted by Crippen LogP contribution is 2.29. The van der Waals surface area contributed by atoms with Gasteiger partial charge in [0.05, 0.1) is 10.6 Å². The van der Waals surface area contributed by atoms with Crippen LogP contribution < -0.4 is 0 Å². The van der Waals surface area contributed by atoms with Crippen molar-refractivity contribution in [3.63, 3.8) is 0 Å². The first-order chi connectivity index (χ1) is 13.0. The largest absolute Gasteiger partial charge is 0.264 e. The summed E-state index contributed by atoms with van der Waals surface area (Å²) < 4.78 is 29.8. The quantitative estimate of drug-likeness (QED) is 0.680. The molecule has 7 heteroatoms. The first-order valence-electron chi connectivity index (χ1n) is 9.04. The molecule has 0 amide bonds. The van der Waals surface area contributed by atoms with E-state index in [2.05, 4.69) is 10.1 Å². The van der Waals surface area contributed by atoms with E-state index in [1.807, 2.05) is 43.5 Å². The molecule has 140 valence electrons. The van der Waals surface area contributed by atoms with Crippen molar-refractivity contribution in [1.29, 1.82) is 0 Å². The predicted molar refractivity (Wildman–Crippen MR) is 103 cm³/mol. The maximum absolute atomic E-state index is 13.3. The van der Waals surface area contributed by atoms with Crippen LogP contribution in [0.25, 0.3) is 5.69 Å². The molecular weight excluding hydrogens is 360 g/mol. The minimum atomic E-state index is -3.53. The number of benzene rings is 1. The fourth-order valence-corrected chi connectivity index (χ4v) is 5.38. The molecule has 4 rings (SSSR count). The molecule has 1 atom stereocenters. The molecule has 0 spiro atoms. The van der Waals surface area contributed by atoms with Gasteiger partial charge >= 0.3 is 0 Å². The molecular formula is C20H22N4O2S. The van der Waals surface area contributed by atoms with Crippen molar-refractivity contribution in [3.05, 3.63) is 72.3 Å². The molecule has 0 aliphatic carbocycles. The number of pyridine rings is 1. The Labute approximate surface area is 159 Å². The molecule has 2 aromatic heterocycles. The maximum Gasteiger partial charge on any atom is 0.243 e. The van der Waals surface area contributed by atoms with Crippen molar-refractivity contribution in [3.8, 4) is 5.69 Å². The Balaban J connectivity index is 1.56. The van der Waals surface area contributed by atoms with E-state index in [1.165, 1.54) is 0 Å². The van der Waals surface area contributed by atoms with Gasteiger partial charge in [-0.05, 0) is 61.1 Å². The number of hydrogen-bond acceptors (Lipinski definition) is 4. The molecule has 1 unspecified atom stereocenters. The molecule has 0 bridgehead atoms. The Kier molecular flexibility index (Phi) is 4.80. The van der Waals surface area contributed by atoms with Gasteiger partial charge < -0.3 is 0 Å². The lowest BCUT2D eigenvalue weighted by Crippen LogP contribution is -2.29. The molecule has 0 N–H and O–H groups in total. The Morgan fingerprint density at radius 2 is 2.07 bits per heavy atom. The molecule has 3 heterocycles. The summed E-state index contributed by atoms with van der Waals surface area (Å²) in [5, 5.41) is 4.20. The molecule has 1 saturated heterocycles. The average Bonchev–Trinajstić information content (AvgIpc) is 3.35. The van der Waals surface area contributed by atoms with Crippen molar-refractivity contribution in [2.24, 2.45) is 5.92 Å². The minimum Gasteiger partial charge on any atom is -0.264 e. The van der Waals surface area contributed by atoms with Crippen molar-refractivity contribution >= 4 is 10.0 Å². The molecule has 1 aliphatic heterocycles. The first kappa shape index (κ1) is 17.9. The number of hydrogen-bond donors (Lipinski definition) is 0. The summed E-state index contributed by atoms with van der Waals surface area (Å²) in [5.41, 5.74) is 2.65. The molecule has 1 aliphatic rings. The average molecular weight is 382 g/mol. The van der Waals surface area contributed by atoms with Crippen LogP contribution >= 0.6 is 0 Å². The zero-order valence-corrected chi connectivity index (χ0v) is 16.0. The van der Waals surface area contributed by atoms with Crippen LogP contribution in [0.3, 0.4) is 0 Å². The Morgan fingerprint density at radius 1 is 1.19 bits per heavy atom. The van der Waals surface area contributed by atoms with Crippen molar-refractivity contribution < 1.29 is 8.42 Å². The smallest absolute Gasteiger partial charge is 0.243 e. The second-order valence-corrected chi connectivity index (χ2v) is 8.89. The third-order valence-corrected chi connectivity index (χ3v) is 7.06. The van der Waals surface area contributed by atoms with Crippen LogP contribution in [0.4, 0.5) is 0 Å². The SMILES string of the molecule is Cc1ccc(-n2cccn2)cc1S(=O)(=O)N1CCC(Cc2cccnc2)C1. The maximum atomic E-state index is 13.3. The number of aromatic nitrogens is 3. The normalized spacial score (nSPS) is 18.0. The van der Waals surface area contributed by atoms with Gasteiger partial charge in [0.2, 0.25) is 10.0 Å². The van der Waals surface area contributed by atoms with E-state index in [-0.39, 0.29) is 0 Å². The van der Waals surface area contributed by atoms with Crippen LogP contribution in [-0.2, 0) is 16.4 Å². The molecule has 0 radical (unpaired) electrons. The molecule has 6 nitrogen and oxygen atoms in total. The number of nitrogens with zero attached hydrogens (tertiary/aromatic N) is 4. The van der Waals surface area contributed by atoms with Gasteiger partial charge in [-0.1, -0.05) is 12.1 Å². The second-order valence-electron chi connectivity index (χ2n) is 6.98. The van der Waals surface area contributed by atoms with Gasteiger partial charge in [-0.3, -0.25) is 4.98 Å². The van der Waals surface area contributed by atoms with E-state index in [0.717, 1.165) is 29.7 Å². The zero-order valence-electron chi connectivity index (χ0n) is 15.2. The van der Waals surface area contributed by atoms with Crippen LogP contribution in [0.5, 0.6) is 0 Å². The van der Waals surface area contributed by atoms with Crippen molar-refractivity contribution in [1.82, 2.24) is 19.1 Å². The number of sulfonamides is 1. The minimum absolute atomic E-state index is 0.318. The number of rotatable bonds is 5. The lowest BCUT2D eigenvalue weighted by atomic mass is 10.0.